The number of ether oxygens (including phenoxy) is 2. The first-order chi connectivity index (χ1) is 10.8. The lowest BCUT2D eigenvalue weighted by atomic mass is 10.0. The molecule has 0 aromatic rings. The Morgan fingerprint density at radius 2 is 1.75 bits per heavy atom. The molecular formula is C15H26NO7P. The van der Waals surface area contributed by atoms with Crippen molar-refractivity contribution >= 4 is 13.8 Å². The van der Waals surface area contributed by atoms with Crippen LogP contribution in [0, 0.1) is 11.3 Å². The second-order valence-electron chi connectivity index (χ2n) is 6.53. The first-order valence-corrected chi connectivity index (χ1v) is 8.97. The highest BCUT2D eigenvalue weighted by molar-refractivity contribution is 7.46. The van der Waals surface area contributed by atoms with Gasteiger partial charge in [0.2, 0.25) is 0 Å². The van der Waals surface area contributed by atoms with Gasteiger partial charge in [-0.1, -0.05) is 6.58 Å². The molecule has 24 heavy (non-hydrogen) atoms. The SMILES string of the molecule is C=C(C#N)C(=O)OC(C)(C)CCCOC(C)(C)CCOP(=O)(O)O. The molecular weight excluding hydrogens is 337 g/mol. The molecule has 0 aliphatic heterocycles. The van der Waals surface area contributed by atoms with Gasteiger partial charge in [-0.15, -0.1) is 0 Å². The van der Waals surface area contributed by atoms with E-state index in [0.717, 1.165) is 0 Å². The quantitative estimate of drug-likeness (QED) is 0.188. The molecule has 9 heteroatoms. The summed E-state index contributed by atoms with van der Waals surface area (Å²) in [7, 11) is -4.46. The third kappa shape index (κ3) is 11.3. The van der Waals surface area contributed by atoms with Crippen LogP contribution in [0.2, 0.25) is 0 Å². The Hall–Kier alpha value is -1.23. The van der Waals surface area contributed by atoms with Gasteiger partial charge in [0.25, 0.3) is 0 Å². The van der Waals surface area contributed by atoms with Gasteiger partial charge in [-0.25, -0.2) is 9.36 Å². The predicted octanol–water partition coefficient (Wildman–Crippen LogP) is 2.46. The molecule has 0 aromatic carbocycles. The topological polar surface area (TPSA) is 126 Å². The van der Waals surface area contributed by atoms with Gasteiger partial charge in [-0.2, -0.15) is 5.26 Å². The normalized spacial score (nSPS) is 12.5. The maximum atomic E-state index is 11.5. The molecule has 0 rings (SSSR count). The molecule has 0 fully saturated rings. The van der Waals surface area contributed by atoms with E-state index in [2.05, 4.69) is 11.1 Å². The van der Waals surface area contributed by atoms with E-state index < -0.39 is 25.0 Å². The number of phosphoric ester groups is 1. The molecule has 0 aliphatic rings. The third-order valence-corrected chi connectivity index (χ3v) is 3.65. The van der Waals surface area contributed by atoms with Crippen LogP contribution in [0.3, 0.4) is 0 Å². The van der Waals surface area contributed by atoms with Crippen LogP contribution in [-0.4, -0.2) is 40.2 Å². The van der Waals surface area contributed by atoms with Crippen molar-refractivity contribution in [3.63, 3.8) is 0 Å². The van der Waals surface area contributed by atoms with Gasteiger partial charge in [0.05, 0.1) is 12.2 Å². The summed E-state index contributed by atoms with van der Waals surface area (Å²) in [6.07, 6.45) is 1.44. The number of hydrogen-bond acceptors (Lipinski definition) is 6. The molecule has 0 aromatic heterocycles. The molecule has 0 heterocycles. The highest BCUT2D eigenvalue weighted by Crippen LogP contribution is 2.36. The average Bonchev–Trinajstić information content (AvgIpc) is 2.40. The van der Waals surface area contributed by atoms with E-state index in [1.54, 1.807) is 33.8 Å². The van der Waals surface area contributed by atoms with E-state index in [0.29, 0.717) is 25.9 Å². The second kappa shape index (κ2) is 9.30. The molecule has 0 saturated heterocycles. The molecule has 8 nitrogen and oxygen atoms in total. The molecule has 0 radical (unpaired) electrons. The van der Waals surface area contributed by atoms with Crippen molar-refractivity contribution in [3.8, 4) is 6.07 Å². The lowest BCUT2D eigenvalue weighted by molar-refractivity contribution is -0.152. The minimum atomic E-state index is -4.46. The molecule has 2 N–H and O–H groups in total. The van der Waals surface area contributed by atoms with Crippen molar-refractivity contribution in [2.45, 2.75) is 58.2 Å². The summed E-state index contributed by atoms with van der Waals surface area (Å²) in [5.41, 5.74) is -1.61. The fourth-order valence-corrected chi connectivity index (χ4v) is 2.07. The van der Waals surface area contributed by atoms with Crippen molar-refractivity contribution in [2.75, 3.05) is 13.2 Å². The molecule has 0 spiro atoms. The third-order valence-electron chi connectivity index (χ3n) is 3.13. The zero-order valence-corrected chi connectivity index (χ0v) is 15.5. The van der Waals surface area contributed by atoms with Gasteiger partial charge in [0.1, 0.15) is 17.2 Å². The molecule has 0 atom stereocenters. The molecule has 0 bridgehead atoms. The first kappa shape index (κ1) is 22.8. The Bertz CT molecular complexity index is 530. The molecule has 0 amide bonds. The molecule has 0 saturated carbocycles. The lowest BCUT2D eigenvalue weighted by Gasteiger charge is -2.28. The zero-order valence-electron chi connectivity index (χ0n) is 14.6. The van der Waals surface area contributed by atoms with Crippen molar-refractivity contribution in [2.24, 2.45) is 0 Å². The summed E-state index contributed by atoms with van der Waals surface area (Å²) in [6.45, 7) is 10.6. The summed E-state index contributed by atoms with van der Waals surface area (Å²) in [4.78, 5) is 28.8. The summed E-state index contributed by atoms with van der Waals surface area (Å²) in [6, 6.07) is 1.64. The average molecular weight is 363 g/mol. The van der Waals surface area contributed by atoms with Gasteiger partial charge in [0.15, 0.2) is 0 Å². The number of carbonyl (C=O) groups is 1. The number of rotatable bonds is 11. The highest BCUT2D eigenvalue weighted by Gasteiger charge is 2.25. The van der Waals surface area contributed by atoms with Crippen LogP contribution >= 0.6 is 7.82 Å². The van der Waals surface area contributed by atoms with Gasteiger partial charge in [0, 0.05) is 6.61 Å². The standard InChI is InChI=1S/C15H26NO7P/c1-12(11-16)13(17)23-15(4,5)7-6-9-21-14(2,3)8-10-22-24(18,19)20/h1,6-10H2,2-5H3,(H2,18,19,20). The summed E-state index contributed by atoms with van der Waals surface area (Å²) in [5.74, 6) is -0.738. The summed E-state index contributed by atoms with van der Waals surface area (Å²) in [5, 5.41) is 8.60. The van der Waals surface area contributed by atoms with Gasteiger partial charge >= 0.3 is 13.8 Å². The van der Waals surface area contributed by atoms with E-state index in [4.69, 9.17) is 24.5 Å². The molecule has 138 valence electrons. The lowest BCUT2D eigenvalue weighted by Crippen LogP contribution is -2.30. The smallest absolute Gasteiger partial charge is 0.456 e. The maximum Gasteiger partial charge on any atom is 0.469 e. The maximum absolute atomic E-state index is 11.5. The van der Waals surface area contributed by atoms with Crippen molar-refractivity contribution in [3.05, 3.63) is 12.2 Å². The molecule has 0 aliphatic carbocycles. The Morgan fingerprint density at radius 3 is 2.25 bits per heavy atom. The largest absolute Gasteiger partial charge is 0.469 e. The molecule has 0 unspecified atom stereocenters. The Labute approximate surface area is 142 Å². The van der Waals surface area contributed by atoms with Crippen molar-refractivity contribution < 1.29 is 33.1 Å². The minimum Gasteiger partial charge on any atom is -0.456 e. The minimum absolute atomic E-state index is 0.114. The number of esters is 1. The van der Waals surface area contributed by atoms with Gasteiger partial charge in [-0.3, -0.25) is 4.52 Å². The van der Waals surface area contributed by atoms with Crippen LogP contribution in [0.15, 0.2) is 12.2 Å². The van der Waals surface area contributed by atoms with E-state index >= 15 is 0 Å². The van der Waals surface area contributed by atoms with E-state index in [1.165, 1.54) is 0 Å². The zero-order chi connectivity index (χ0) is 19.0. The number of nitriles is 1. The van der Waals surface area contributed by atoms with E-state index in [9.17, 15) is 9.36 Å². The highest BCUT2D eigenvalue weighted by atomic mass is 31.2. The van der Waals surface area contributed by atoms with Crippen LogP contribution in [-0.2, 0) is 23.4 Å². The number of hydrogen-bond donors (Lipinski definition) is 2. The van der Waals surface area contributed by atoms with Crippen LogP contribution < -0.4 is 0 Å². The predicted molar refractivity (Wildman–Crippen MR) is 86.8 cm³/mol. The number of nitrogens with zero attached hydrogens (tertiary/aromatic N) is 1. The Morgan fingerprint density at radius 1 is 1.17 bits per heavy atom. The number of carbonyl (C=O) groups excluding carboxylic acids is 1. The Kier molecular flexibility index (Phi) is 8.83. The fourth-order valence-electron chi connectivity index (χ4n) is 1.74. The van der Waals surface area contributed by atoms with Crippen LogP contribution in [0.1, 0.15) is 47.0 Å². The van der Waals surface area contributed by atoms with Crippen LogP contribution in [0.4, 0.5) is 0 Å². The van der Waals surface area contributed by atoms with E-state index in [1.807, 2.05) is 0 Å². The van der Waals surface area contributed by atoms with Crippen molar-refractivity contribution in [1.29, 1.82) is 5.26 Å². The number of phosphoric acid groups is 1. The first-order valence-electron chi connectivity index (χ1n) is 7.44. The summed E-state index contributed by atoms with van der Waals surface area (Å²) < 4.78 is 25.9. The Balaban J connectivity index is 4.13. The monoisotopic (exact) mass is 363 g/mol. The second-order valence-corrected chi connectivity index (χ2v) is 7.76. The fraction of sp³-hybridized carbons (Fsp3) is 0.733. The van der Waals surface area contributed by atoms with E-state index in [-0.39, 0.29) is 12.2 Å². The van der Waals surface area contributed by atoms with Gasteiger partial charge < -0.3 is 19.3 Å². The van der Waals surface area contributed by atoms with Crippen LogP contribution in [0.5, 0.6) is 0 Å². The summed E-state index contributed by atoms with van der Waals surface area (Å²) >= 11 is 0. The van der Waals surface area contributed by atoms with Gasteiger partial charge in [-0.05, 0) is 47.0 Å². The van der Waals surface area contributed by atoms with Crippen molar-refractivity contribution in [1.82, 2.24) is 0 Å². The van der Waals surface area contributed by atoms with Crippen LogP contribution in [0.25, 0.3) is 0 Å².